The van der Waals surface area contributed by atoms with Crippen molar-refractivity contribution in [3.05, 3.63) is 95.3 Å². The molecule has 1 heterocycles. The number of aliphatic hydroxyl groups is 1. The Morgan fingerprint density at radius 1 is 1.05 bits per heavy atom. The number of hydrogen-bond donors (Lipinski definition) is 4. The van der Waals surface area contributed by atoms with E-state index >= 15 is 0 Å². The van der Waals surface area contributed by atoms with Gasteiger partial charge in [0.15, 0.2) is 0 Å². The van der Waals surface area contributed by atoms with Crippen molar-refractivity contribution in [1.82, 2.24) is 10.6 Å². The van der Waals surface area contributed by atoms with Gasteiger partial charge in [0.05, 0.1) is 12.1 Å². The van der Waals surface area contributed by atoms with E-state index in [9.17, 15) is 19.1 Å². The normalized spacial score (nSPS) is 14.8. The summed E-state index contributed by atoms with van der Waals surface area (Å²) >= 11 is 0. The molecule has 1 saturated heterocycles. The highest BCUT2D eigenvalue weighted by Gasteiger charge is 2.25. The number of halogens is 1. The summed E-state index contributed by atoms with van der Waals surface area (Å²) in [5.41, 5.74) is 3.60. The molecule has 0 bridgehead atoms. The van der Waals surface area contributed by atoms with Gasteiger partial charge in [-0.2, -0.15) is 0 Å². The molecule has 4 N–H and O–H groups in total. The van der Waals surface area contributed by atoms with Gasteiger partial charge in [0, 0.05) is 49.5 Å². The summed E-state index contributed by atoms with van der Waals surface area (Å²) in [7, 11) is 0. The van der Waals surface area contributed by atoms with Crippen LogP contribution in [0.2, 0.25) is 0 Å². The molecule has 3 aromatic carbocycles. The lowest BCUT2D eigenvalue weighted by atomic mass is 10.00. The lowest BCUT2D eigenvalue weighted by molar-refractivity contribution is -0.117. The molecule has 7 nitrogen and oxygen atoms in total. The molecule has 2 amide bonds. The smallest absolute Gasteiger partial charge is 0.251 e. The SMILES string of the molecule is CCNc1cc(C(=O)N[C@@H](Cc2ccccc2)[C@H](O)CNCc2cccc(F)c2)cc(N2CCCC2=O)c1. The van der Waals surface area contributed by atoms with Crippen LogP contribution in [0.25, 0.3) is 0 Å². The minimum absolute atomic E-state index is 0.0479. The molecular weight excluding hydrogens is 483 g/mol. The van der Waals surface area contributed by atoms with Crippen LogP contribution in [0.15, 0.2) is 72.8 Å². The summed E-state index contributed by atoms with van der Waals surface area (Å²) in [5.74, 6) is -0.594. The lowest BCUT2D eigenvalue weighted by Crippen LogP contribution is -2.48. The predicted molar refractivity (Wildman–Crippen MR) is 148 cm³/mol. The van der Waals surface area contributed by atoms with Crippen LogP contribution in [0, 0.1) is 5.82 Å². The second-order valence-electron chi connectivity index (χ2n) is 9.55. The zero-order valence-corrected chi connectivity index (χ0v) is 21.6. The minimum atomic E-state index is -0.899. The number of carbonyl (C=O) groups is 2. The third-order valence-electron chi connectivity index (χ3n) is 6.60. The second-order valence-corrected chi connectivity index (χ2v) is 9.55. The molecule has 8 heteroatoms. The van der Waals surface area contributed by atoms with Gasteiger partial charge in [-0.3, -0.25) is 9.59 Å². The van der Waals surface area contributed by atoms with Crippen LogP contribution in [0.3, 0.4) is 0 Å². The Bertz CT molecular complexity index is 1240. The summed E-state index contributed by atoms with van der Waals surface area (Å²) in [6.45, 7) is 3.86. The average molecular weight is 519 g/mol. The Hall–Kier alpha value is -3.75. The Kier molecular flexibility index (Phi) is 9.46. The molecule has 0 radical (unpaired) electrons. The molecular formula is C30H35FN4O3. The number of amides is 2. The maximum atomic E-state index is 13.5. The topological polar surface area (TPSA) is 93.7 Å². The third-order valence-corrected chi connectivity index (χ3v) is 6.60. The van der Waals surface area contributed by atoms with Gasteiger partial charge in [-0.1, -0.05) is 42.5 Å². The van der Waals surface area contributed by atoms with Gasteiger partial charge in [0.2, 0.25) is 5.91 Å². The number of nitrogens with zero attached hydrogens (tertiary/aromatic N) is 1. The molecule has 1 aliphatic heterocycles. The van der Waals surface area contributed by atoms with E-state index in [1.54, 1.807) is 23.1 Å². The van der Waals surface area contributed by atoms with Crippen LogP contribution >= 0.6 is 0 Å². The maximum Gasteiger partial charge on any atom is 0.251 e. The van der Waals surface area contributed by atoms with E-state index in [2.05, 4.69) is 16.0 Å². The van der Waals surface area contributed by atoms with Crippen molar-refractivity contribution in [2.45, 2.75) is 44.9 Å². The first-order valence-corrected chi connectivity index (χ1v) is 13.1. The fourth-order valence-corrected chi connectivity index (χ4v) is 4.68. The molecule has 1 aliphatic rings. The van der Waals surface area contributed by atoms with Crippen molar-refractivity contribution in [2.75, 3.05) is 29.9 Å². The van der Waals surface area contributed by atoms with E-state index in [1.807, 2.05) is 49.4 Å². The highest BCUT2D eigenvalue weighted by molar-refractivity contribution is 6.00. The van der Waals surface area contributed by atoms with Crippen LogP contribution in [0.4, 0.5) is 15.8 Å². The number of rotatable bonds is 12. The van der Waals surface area contributed by atoms with Gasteiger partial charge in [-0.05, 0) is 61.2 Å². The molecule has 3 aromatic rings. The van der Waals surface area contributed by atoms with E-state index in [1.165, 1.54) is 12.1 Å². The molecule has 0 aromatic heterocycles. The van der Waals surface area contributed by atoms with Crippen molar-refractivity contribution in [1.29, 1.82) is 0 Å². The molecule has 4 rings (SSSR count). The summed E-state index contributed by atoms with van der Waals surface area (Å²) in [6.07, 6.45) is 0.824. The zero-order valence-electron chi connectivity index (χ0n) is 21.6. The van der Waals surface area contributed by atoms with Gasteiger partial charge in [0.1, 0.15) is 5.82 Å². The minimum Gasteiger partial charge on any atom is -0.390 e. The molecule has 200 valence electrons. The predicted octanol–water partition coefficient (Wildman–Crippen LogP) is 3.88. The van der Waals surface area contributed by atoms with Crippen LogP contribution in [0.1, 0.15) is 41.3 Å². The van der Waals surface area contributed by atoms with E-state index < -0.39 is 12.1 Å². The summed E-state index contributed by atoms with van der Waals surface area (Å²) in [6, 6.07) is 20.8. The molecule has 0 unspecified atom stereocenters. The molecule has 2 atom stereocenters. The summed E-state index contributed by atoms with van der Waals surface area (Å²) in [5, 5.41) is 20.5. The van der Waals surface area contributed by atoms with Crippen molar-refractivity contribution in [3.8, 4) is 0 Å². The van der Waals surface area contributed by atoms with Crippen LogP contribution in [-0.4, -0.2) is 48.7 Å². The fourth-order valence-electron chi connectivity index (χ4n) is 4.68. The maximum absolute atomic E-state index is 13.5. The number of anilines is 2. The van der Waals surface area contributed by atoms with Gasteiger partial charge in [-0.15, -0.1) is 0 Å². The highest BCUT2D eigenvalue weighted by Crippen LogP contribution is 2.27. The van der Waals surface area contributed by atoms with Crippen LogP contribution < -0.4 is 20.9 Å². The van der Waals surface area contributed by atoms with Crippen molar-refractivity contribution in [2.24, 2.45) is 0 Å². The second kappa shape index (κ2) is 13.2. The highest BCUT2D eigenvalue weighted by atomic mass is 19.1. The van der Waals surface area contributed by atoms with Gasteiger partial charge >= 0.3 is 0 Å². The first-order valence-electron chi connectivity index (χ1n) is 13.1. The zero-order chi connectivity index (χ0) is 26.9. The number of benzene rings is 3. The molecule has 0 saturated carbocycles. The lowest BCUT2D eigenvalue weighted by Gasteiger charge is -2.25. The first kappa shape index (κ1) is 27.3. The number of carbonyl (C=O) groups excluding carboxylic acids is 2. The Balaban J connectivity index is 1.50. The first-order chi connectivity index (χ1) is 18.4. The van der Waals surface area contributed by atoms with E-state index in [-0.39, 0.29) is 24.2 Å². The van der Waals surface area contributed by atoms with Crippen LogP contribution in [-0.2, 0) is 17.8 Å². The molecule has 38 heavy (non-hydrogen) atoms. The van der Waals surface area contributed by atoms with E-state index in [0.717, 1.165) is 23.2 Å². The monoisotopic (exact) mass is 518 g/mol. The van der Waals surface area contributed by atoms with Crippen molar-refractivity contribution < 1.29 is 19.1 Å². The number of aliphatic hydroxyl groups excluding tert-OH is 1. The molecule has 0 aliphatic carbocycles. The van der Waals surface area contributed by atoms with Crippen LogP contribution in [0.5, 0.6) is 0 Å². The fraction of sp³-hybridized carbons (Fsp3) is 0.333. The van der Waals surface area contributed by atoms with Gasteiger partial charge < -0.3 is 26.0 Å². The van der Waals surface area contributed by atoms with E-state index in [4.69, 9.17) is 0 Å². The largest absolute Gasteiger partial charge is 0.390 e. The average Bonchev–Trinajstić information content (AvgIpc) is 3.34. The summed E-state index contributed by atoms with van der Waals surface area (Å²) in [4.78, 5) is 27.5. The standard InChI is InChI=1S/C30H35FN4O3/c1-2-33-25-16-23(17-26(18-25)35-13-7-12-29(35)37)30(38)34-27(15-21-8-4-3-5-9-21)28(36)20-32-19-22-10-6-11-24(31)14-22/h3-6,8-11,14,16-18,27-28,32-33,36H,2,7,12-13,15,19-20H2,1H3,(H,34,38)/t27-,28+/m0/s1. The molecule has 1 fully saturated rings. The summed E-state index contributed by atoms with van der Waals surface area (Å²) < 4.78 is 13.5. The quantitative estimate of drug-likeness (QED) is 0.292. The van der Waals surface area contributed by atoms with Crippen molar-refractivity contribution >= 4 is 23.2 Å². The Morgan fingerprint density at radius 2 is 1.84 bits per heavy atom. The van der Waals surface area contributed by atoms with E-state index in [0.29, 0.717) is 43.7 Å². The molecule has 0 spiro atoms. The number of nitrogens with one attached hydrogen (secondary N) is 3. The van der Waals surface area contributed by atoms with Gasteiger partial charge in [0.25, 0.3) is 5.91 Å². The number of hydrogen-bond acceptors (Lipinski definition) is 5. The third kappa shape index (κ3) is 7.40. The van der Waals surface area contributed by atoms with Gasteiger partial charge in [-0.25, -0.2) is 4.39 Å². The van der Waals surface area contributed by atoms with Crippen molar-refractivity contribution in [3.63, 3.8) is 0 Å². The Labute approximate surface area is 223 Å². The Morgan fingerprint density at radius 3 is 2.55 bits per heavy atom.